The average molecular weight is 370 g/mol. The third-order valence-electron chi connectivity index (χ3n) is 3.36. The molecular weight excluding hydrogens is 345 g/mol. The molecule has 0 amide bonds. The molecule has 1 rings (SSSR count). The van der Waals surface area contributed by atoms with Gasteiger partial charge in [0.05, 0.1) is 25.5 Å². The number of nitrogens with zero attached hydrogens (tertiary/aromatic N) is 1. The standard InChI is InChI=1S/C15H23NO6S.Na.H/c1-4-5-10-16(2,3)11-12-21-15(17)22-13-6-8-14(9-7-13)23(18,19)20;;/h6-9H,4-5,10-12H2,1-3H3;;/q;+1;-1/p+1. The Morgan fingerprint density at radius 3 is 2.29 bits per heavy atom. The Kier molecular flexibility index (Phi) is 10.1. The molecule has 132 valence electrons. The quantitative estimate of drug-likeness (QED) is 0.217. The normalized spacial score (nSPS) is 11.5. The molecule has 0 unspecified atom stereocenters. The number of hydrogen-bond donors (Lipinski definition) is 1. The van der Waals surface area contributed by atoms with Crippen molar-refractivity contribution in [3.63, 3.8) is 0 Å². The number of benzene rings is 1. The van der Waals surface area contributed by atoms with E-state index in [-0.39, 0.29) is 48.2 Å². The fraction of sp³-hybridized carbons (Fsp3) is 0.533. The summed E-state index contributed by atoms with van der Waals surface area (Å²) in [6, 6.07) is 4.82. The molecule has 0 bridgehead atoms. The number of carbonyl (C=O) groups is 1. The molecule has 7 nitrogen and oxygen atoms in total. The molecule has 1 N–H and O–H groups in total. The summed E-state index contributed by atoms with van der Waals surface area (Å²) in [5.41, 5.74) is 0. The van der Waals surface area contributed by atoms with Gasteiger partial charge in [-0.05, 0) is 30.7 Å². The minimum Gasteiger partial charge on any atom is -1.00 e. The van der Waals surface area contributed by atoms with Crippen molar-refractivity contribution in [1.82, 2.24) is 0 Å². The molecule has 0 radical (unpaired) electrons. The average Bonchev–Trinajstić information content (AvgIpc) is 2.44. The number of likely N-dealkylation sites (N-methyl/N-ethyl adjacent to an activating group) is 1. The van der Waals surface area contributed by atoms with Crippen LogP contribution in [0.15, 0.2) is 29.2 Å². The second-order valence-electron chi connectivity index (χ2n) is 5.88. The van der Waals surface area contributed by atoms with Crippen LogP contribution in [0, 0.1) is 0 Å². The van der Waals surface area contributed by atoms with Crippen LogP contribution in [-0.4, -0.2) is 57.4 Å². The smallest absolute Gasteiger partial charge is 1.00 e. The first kappa shape index (κ1) is 23.4. The summed E-state index contributed by atoms with van der Waals surface area (Å²) >= 11 is 0. The van der Waals surface area contributed by atoms with Gasteiger partial charge in [0.25, 0.3) is 10.1 Å². The molecular formula is C15H25NNaO6S+. The first-order valence-corrected chi connectivity index (χ1v) is 8.82. The predicted molar refractivity (Wildman–Crippen MR) is 86.1 cm³/mol. The van der Waals surface area contributed by atoms with E-state index in [1.165, 1.54) is 12.1 Å². The zero-order chi connectivity index (χ0) is 17.5. The van der Waals surface area contributed by atoms with Crippen LogP contribution in [0.2, 0.25) is 0 Å². The molecule has 0 fully saturated rings. The Bertz CT molecular complexity index is 621. The van der Waals surface area contributed by atoms with E-state index in [0.717, 1.165) is 36.0 Å². The summed E-state index contributed by atoms with van der Waals surface area (Å²) in [5.74, 6) is 0.141. The van der Waals surface area contributed by atoms with Gasteiger partial charge in [0.2, 0.25) is 0 Å². The van der Waals surface area contributed by atoms with Crippen LogP contribution in [0.3, 0.4) is 0 Å². The van der Waals surface area contributed by atoms with Crippen molar-refractivity contribution in [2.45, 2.75) is 24.7 Å². The van der Waals surface area contributed by atoms with Crippen LogP contribution in [0.5, 0.6) is 5.75 Å². The molecule has 0 aliphatic carbocycles. The van der Waals surface area contributed by atoms with Crippen LogP contribution in [-0.2, 0) is 14.9 Å². The van der Waals surface area contributed by atoms with Crippen molar-refractivity contribution in [1.29, 1.82) is 0 Å². The van der Waals surface area contributed by atoms with Crippen LogP contribution in [0.1, 0.15) is 21.2 Å². The maximum atomic E-state index is 11.6. The van der Waals surface area contributed by atoms with Gasteiger partial charge in [0.15, 0.2) is 0 Å². The molecule has 1 aromatic rings. The summed E-state index contributed by atoms with van der Waals surface area (Å²) in [4.78, 5) is 11.3. The Balaban J connectivity index is 0. The number of rotatable bonds is 8. The van der Waals surface area contributed by atoms with Crippen molar-refractivity contribution in [3.05, 3.63) is 24.3 Å². The summed E-state index contributed by atoms with van der Waals surface area (Å²) in [7, 11) is -0.124. The molecule has 0 aliphatic rings. The van der Waals surface area contributed by atoms with E-state index in [9.17, 15) is 13.2 Å². The Morgan fingerprint density at radius 2 is 1.79 bits per heavy atom. The zero-order valence-electron chi connectivity index (χ0n) is 15.7. The predicted octanol–water partition coefficient (Wildman–Crippen LogP) is -0.558. The van der Waals surface area contributed by atoms with Gasteiger partial charge in [-0.15, -0.1) is 0 Å². The van der Waals surface area contributed by atoms with E-state index in [0.29, 0.717) is 6.54 Å². The van der Waals surface area contributed by atoms with Crippen LogP contribution >= 0.6 is 0 Å². The van der Waals surface area contributed by atoms with Gasteiger partial charge in [-0.25, -0.2) is 4.79 Å². The van der Waals surface area contributed by atoms with Gasteiger partial charge in [0.1, 0.15) is 18.9 Å². The molecule has 0 atom stereocenters. The maximum Gasteiger partial charge on any atom is 1.00 e. The summed E-state index contributed by atoms with van der Waals surface area (Å²) in [5, 5.41) is 0. The SMILES string of the molecule is CCCC[N+](C)(C)CCOC(=O)Oc1ccc(S(=O)(=O)O)cc1.[H-].[Na+]. The van der Waals surface area contributed by atoms with Crippen LogP contribution in [0.4, 0.5) is 4.79 Å². The first-order valence-electron chi connectivity index (χ1n) is 7.38. The van der Waals surface area contributed by atoms with Crippen LogP contribution in [0.25, 0.3) is 0 Å². The van der Waals surface area contributed by atoms with E-state index < -0.39 is 16.3 Å². The van der Waals surface area contributed by atoms with Crippen molar-refractivity contribution in [3.8, 4) is 5.75 Å². The van der Waals surface area contributed by atoms with Crippen molar-refractivity contribution in [2.24, 2.45) is 0 Å². The Hall–Kier alpha value is -0.640. The van der Waals surface area contributed by atoms with Gasteiger partial charge >= 0.3 is 35.7 Å². The van der Waals surface area contributed by atoms with Crippen LogP contribution < -0.4 is 34.3 Å². The number of carbonyl (C=O) groups excluding carboxylic acids is 1. The second kappa shape index (κ2) is 10.4. The Labute approximate surface area is 167 Å². The van der Waals surface area contributed by atoms with Gasteiger partial charge in [-0.3, -0.25) is 4.55 Å². The van der Waals surface area contributed by atoms with Gasteiger partial charge in [0, 0.05) is 0 Å². The number of quaternary nitrogens is 1. The molecule has 0 saturated carbocycles. The number of unbranched alkanes of at least 4 members (excludes halogenated alkanes) is 1. The molecule has 24 heavy (non-hydrogen) atoms. The molecule has 0 heterocycles. The fourth-order valence-corrected chi connectivity index (χ4v) is 2.36. The third-order valence-corrected chi connectivity index (χ3v) is 4.22. The summed E-state index contributed by atoms with van der Waals surface area (Å²) in [6.45, 7) is 4.04. The zero-order valence-corrected chi connectivity index (χ0v) is 17.5. The monoisotopic (exact) mass is 370 g/mol. The molecule has 9 heteroatoms. The van der Waals surface area contributed by atoms with E-state index >= 15 is 0 Å². The van der Waals surface area contributed by atoms with Crippen molar-refractivity contribution in [2.75, 3.05) is 33.8 Å². The molecule has 0 spiro atoms. The second-order valence-corrected chi connectivity index (χ2v) is 7.31. The number of ether oxygens (including phenoxy) is 2. The Morgan fingerprint density at radius 1 is 1.21 bits per heavy atom. The van der Waals surface area contributed by atoms with E-state index in [1.54, 1.807) is 0 Å². The van der Waals surface area contributed by atoms with Gasteiger partial charge < -0.3 is 15.4 Å². The van der Waals surface area contributed by atoms with Gasteiger partial charge in [-0.1, -0.05) is 13.3 Å². The summed E-state index contributed by atoms with van der Waals surface area (Å²) in [6.07, 6.45) is 1.38. The van der Waals surface area contributed by atoms with E-state index in [1.807, 2.05) is 0 Å². The van der Waals surface area contributed by atoms with E-state index in [4.69, 9.17) is 14.0 Å². The van der Waals surface area contributed by atoms with Gasteiger partial charge in [-0.2, -0.15) is 8.42 Å². The minimum atomic E-state index is -4.26. The van der Waals surface area contributed by atoms with E-state index in [2.05, 4.69) is 21.0 Å². The maximum absolute atomic E-state index is 11.6. The topological polar surface area (TPSA) is 89.9 Å². The largest absolute Gasteiger partial charge is 1.00 e. The summed E-state index contributed by atoms with van der Waals surface area (Å²) < 4.78 is 41.4. The van der Waals surface area contributed by atoms with Crippen molar-refractivity contribution >= 4 is 16.3 Å². The fourth-order valence-electron chi connectivity index (χ4n) is 1.88. The molecule has 0 aliphatic heterocycles. The first-order chi connectivity index (χ1) is 10.6. The molecule has 0 aromatic heterocycles. The number of hydrogen-bond acceptors (Lipinski definition) is 5. The third kappa shape index (κ3) is 9.00. The molecule has 0 saturated heterocycles. The van der Waals surface area contributed by atoms with Crippen molar-refractivity contribution < 1.29 is 62.7 Å². The molecule has 1 aromatic carbocycles. The minimum absolute atomic E-state index is 0.